The van der Waals surface area contributed by atoms with E-state index in [0.29, 0.717) is 13.2 Å². The summed E-state index contributed by atoms with van der Waals surface area (Å²) < 4.78 is 4.80. The molecule has 0 spiro atoms. The molecule has 0 unspecified atom stereocenters. The predicted octanol–water partition coefficient (Wildman–Crippen LogP) is -0.236. The minimum Gasteiger partial charge on any atom is -0.383 e. The number of hydrogen-bond donors (Lipinski definition) is 0. The van der Waals surface area contributed by atoms with E-state index in [9.17, 15) is 4.79 Å². The summed E-state index contributed by atoms with van der Waals surface area (Å²) in [4.78, 5) is 11.8. The molecule has 0 fully saturated rings. The summed E-state index contributed by atoms with van der Waals surface area (Å²) in [5, 5.41) is 0. The zero-order valence-corrected chi connectivity index (χ0v) is 5.96. The van der Waals surface area contributed by atoms with Crippen molar-refractivity contribution in [2.45, 2.75) is 0 Å². The van der Waals surface area contributed by atoms with Crippen LogP contribution in [0.25, 0.3) is 0 Å². The Kier molecular flexibility index (Phi) is 5.46. The molecule has 0 aliphatic carbocycles. The predicted molar refractivity (Wildman–Crippen MR) is 35.4 cm³/mol. The van der Waals surface area contributed by atoms with E-state index in [1.54, 1.807) is 7.11 Å². The minimum atomic E-state index is 0.489. The highest BCUT2D eigenvalue weighted by atomic mass is 16.5. The third kappa shape index (κ3) is 5.46. The standard InChI is InChI=1S/C6H13NO2/c1-7(3-5-8)4-6-9-2/h5H,3-4,6H2,1-2H3. The van der Waals surface area contributed by atoms with E-state index in [0.717, 1.165) is 12.8 Å². The summed E-state index contributed by atoms with van der Waals surface area (Å²) >= 11 is 0. The normalized spacial score (nSPS) is 10.1. The van der Waals surface area contributed by atoms with Crippen LogP contribution < -0.4 is 0 Å². The average Bonchev–Trinajstić information content (AvgIpc) is 1.85. The summed E-state index contributed by atoms with van der Waals surface area (Å²) in [5.74, 6) is 0. The summed E-state index contributed by atoms with van der Waals surface area (Å²) in [7, 11) is 3.53. The van der Waals surface area contributed by atoms with Crippen molar-refractivity contribution in [3.05, 3.63) is 0 Å². The molecule has 0 aromatic heterocycles. The number of aldehydes is 1. The Morgan fingerprint density at radius 2 is 2.33 bits per heavy atom. The number of nitrogens with zero attached hydrogens (tertiary/aromatic N) is 1. The second-order valence-electron chi connectivity index (χ2n) is 1.92. The van der Waals surface area contributed by atoms with Crippen LogP contribution in [0.15, 0.2) is 0 Å². The number of likely N-dealkylation sites (N-methyl/N-ethyl adjacent to an activating group) is 1. The maximum absolute atomic E-state index is 9.90. The van der Waals surface area contributed by atoms with Gasteiger partial charge < -0.3 is 9.53 Å². The van der Waals surface area contributed by atoms with Crippen molar-refractivity contribution in [1.82, 2.24) is 4.90 Å². The Labute approximate surface area is 55.6 Å². The van der Waals surface area contributed by atoms with E-state index in [4.69, 9.17) is 4.74 Å². The van der Waals surface area contributed by atoms with Crippen molar-refractivity contribution in [2.75, 3.05) is 33.9 Å². The second kappa shape index (κ2) is 5.72. The number of rotatable bonds is 5. The van der Waals surface area contributed by atoms with Gasteiger partial charge in [0.05, 0.1) is 13.2 Å². The largest absolute Gasteiger partial charge is 0.383 e. The SMILES string of the molecule is COCCN(C)CC=O. The lowest BCUT2D eigenvalue weighted by molar-refractivity contribution is -0.108. The highest BCUT2D eigenvalue weighted by Crippen LogP contribution is 1.77. The Morgan fingerprint density at radius 1 is 1.67 bits per heavy atom. The van der Waals surface area contributed by atoms with Crippen molar-refractivity contribution < 1.29 is 9.53 Å². The fraction of sp³-hybridized carbons (Fsp3) is 0.833. The van der Waals surface area contributed by atoms with E-state index >= 15 is 0 Å². The van der Waals surface area contributed by atoms with E-state index < -0.39 is 0 Å². The van der Waals surface area contributed by atoms with Crippen molar-refractivity contribution in [3.63, 3.8) is 0 Å². The van der Waals surface area contributed by atoms with E-state index in [1.165, 1.54) is 0 Å². The third-order valence-electron chi connectivity index (χ3n) is 1.06. The molecule has 0 saturated heterocycles. The molecule has 9 heavy (non-hydrogen) atoms. The molecular weight excluding hydrogens is 118 g/mol. The number of ether oxygens (including phenoxy) is 1. The lowest BCUT2D eigenvalue weighted by Gasteiger charge is -2.10. The number of methoxy groups -OCH3 is 1. The topological polar surface area (TPSA) is 29.5 Å². The fourth-order valence-electron chi connectivity index (χ4n) is 0.466. The van der Waals surface area contributed by atoms with Crippen molar-refractivity contribution >= 4 is 6.29 Å². The van der Waals surface area contributed by atoms with Crippen LogP contribution in [0.4, 0.5) is 0 Å². The van der Waals surface area contributed by atoms with Gasteiger partial charge in [0.15, 0.2) is 0 Å². The molecule has 0 aromatic rings. The van der Waals surface area contributed by atoms with Gasteiger partial charge in [0.25, 0.3) is 0 Å². The number of hydrogen-bond acceptors (Lipinski definition) is 3. The highest BCUT2D eigenvalue weighted by molar-refractivity contribution is 5.51. The first-order valence-electron chi connectivity index (χ1n) is 2.92. The number of carbonyl (C=O) groups excluding carboxylic acids is 1. The Balaban J connectivity index is 3.04. The van der Waals surface area contributed by atoms with Crippen LogP contribution in [-0.4, -0.2) is 45.0 Å². The van der Waals surface area contributed by atoms with Crippen LogP contribution in [-0.2, 0) is 9.53 Å². The van der Waals surface area contributed by atoms with Gasteiger partial charge in [0.2, 0.25) is 0 Å². The van der Waals surface area contributed by atoms with Crippen LogP contribution in [0, 0.1) is 0 Å². The van der Waals surface area contributed by atoms with Gasteiger partial charge in [-0.15, -0.1) is 0 Å². The highest BCUT2D eigenvalue weighted by Gasteiger charge is 1.93. The zero-order chi connectivity index (χ0) is 7.11. The van der Waals surface area contributed by atoms with Crippen LogP contribution in [0.5, 0.6) is 0 Å². The first kappa shape index (κ1) is 8.59. The van der Waals surface area contributed by atoms with Crippen molar-refractivity contribution in [2.24, 2.45) is 0 Å². The van der Waals surface area contributed by atoms with Crippen LogP contribution in [0.2, 0.25) is 0 Å². The molecule has 0 heterocycles. The molecule has 0 N–H and O–H groups in total. The third-order valence-corrected chi connectivity index (χ3v) is 1.06. The van der Waals surface area contributed by atoms with Crippen LogP contribution >= 0.6 is 0 Å². The van der Waals surface area contributed by atoms with Crippen molar-refractivity contribution in [1.29, 1.82) is 0 Å². The molecule has 0 atom stereocenters. The van der Waals surface area contributed by atoms with Gasteiger partial charge in [-0.2, -0.15) is 0 Å². The van der Waals surface area contributed by atoms with Gasteiger partial charge in [-0.1, -0.05) is 0 Å². The van der Waals surface area contributed by atoms with Gasteiger partial charge in [-0.3, -0.25) is 4.90 Å². The zero-order valence-electron chi connectivity index (χ0n) is 5.96. The molecule has 0 bridgehead atoms. The Hall–Kier alpha value is -0.410. The molecule has 0 aliphatic rings. The van der Waals surface area contributed by atoms with Crippen LogP contribution in [0.1, 0.15) is 0 Å². The minimum absolute atomic E-state index is 0.489. The lowest BCUT2D eigenvalue weighted by Crippen LogP contribution is -2.24. The van der Waals surface area contributed by atoms with Gasteiger partial charge >= 0.3 is 0 Å². The Bertz CT molecular complexity index is 75.5. The maximum Gasteiger partial charge on any atom is 0.133 e. The Morgan fingerprint density at radius 3 is 2.78 bits per heavy atom. The van der Waals surface area contributed by atoms with E-state index in [2.05, 4.69) is 0 Å². The number of carbonyl (C=O) groups is 1. The van der Waals surface area contributed by atoms with Gasteiger partial charge in [0.1, 0.15) is 6.29 Å². The maximum atomic E-state index is 9.90. The summed E-state index contributed by atoms with van der Waals surface area (Å²) in [6.07, 6.45) is 0.885. The van der Waals surface area contributed by atoms with Crippen molar-refractivity contribution in [3.8, 4) is 0 Å². The summed E-state index contributed by atoms with van der Waals surface area (Å²) in [5.41, 5.74) is 0. The molecule has 0 rings (SSSR count). The molecule has 0 aromatic carbocycles. The quantitative estimate of drug-likeness (QED) is 0.482. The fourth-order valence-corrected chi connectivity index (χ4v) is 0.466. The van der Waals surface area contributed by atoms with E-state index in [-0.39, 0.29) is 0 Å². The molecule has 3 heteroatoms. The van der Waals surface area contributed by atoms with E-state index in [1.807, 2.05) is 11.9 Å². The molecular formula is C6H13NO2. The summed E-state index contributed by atoms with van der Waals surface area (Å²) in [6, 6.07) is 0. The lowest BCUT2D eigenvalue weighted by atomic mass is 10.5. The molecule has 0 radical (unpaired) electrons. The molecule has 3 nitrogen and oxygen atoms in total. The van der Waals surface area contributed by atoms with Gasteiger partial charge in [0, 0.05) is 13.7 Å². The first-order chi connectivity index (χ1) is 4.31. The second-order valence-corrected chi connectivity index (χ2v) is 1.92. The monoisotopic (exact) mass is 131 g/mol. The van der Waals surface area contributed by atoms with Gasteiger partial charge in [-0.25, -0.2) is 0 Å². The van der Waals surface area contributed by atoms with Crippen LogP contribution in [0.3, 0.4) is 0 Å². The smallest absolute Gasteiger partial charge is 0.133 e. The summed E-state index contributed by atoms with van der Waals surface area (Å²) in [6.45, 7) is 1.99. The molecule has 0 amide bonds. The first-order valence-corrected chi connectivity index (χ1v) is 2.92. The molecule has 0 aliphatic heterocycles. The molecule has 54 valence electrons. The molecule has 0 saturated carbocycles. The van der Waals surface area contributed by atoms with Gasteiger partial charge in [-0.05, 0) is 7.05 Å². The average molecular weight is 131 g/mol.